The summed E-state index contributed by atoms with van der Waals surface area (Å²) in [4.78, 5) is 20.8. The lowest BCUT2D eigenvalue weighted by molar-refractivity contribution is -0.192. The summed E-state index contributed by atoms with van der Waals surface area (Å²) in [6.45, 7) is 0.384. The van der Waals surface area contributed by atoms with Crippen molar-refractivity contribution in [3.63, 3.8) is 0 Å². The van der Waals surface area contributed by atoms with Crippen LogP contribution in [0.2, 0.25) is 0 Å². The fraction of sp³-hybridized carbons (Fsp3) is 0.263. The Morgan fingerprint density at radius 2 is 1.39 bits per heavy atom. The summed E-state index contributed by atoms with van der Waals surface area (Å²) in [7, 11) is 0. The standard InChI is InChI=1S/C17H20N2O2.C2HF3O2/c18-15(11-13-7-3-1-4-8-13)16(20)17(21)19-12-14-9-5-2-6-10-14;3-2(4,5)1(6)7/h1-10,15-16,20H,11-12,18H2,(H,19,21);(H,6,7). The number of hydrogen-bond acceptors (Lipinski definition) is 4. The first-order chi connectivity index (χ1) is 13.1. The molecule has 6 nitrogen and oxygen atoms in total. The molecular formula is C19H21F3N2O4. The van der Waals surface area contributed by atoms with Crippen molar-refractivity contribution in [1.82, 2.24) is 5.32 Å². The minimum atomic E-state index is -5.08. The van der Waals surface area contributed by atoms with Crippen LogP contribution in [-0.4, -0.2) is 40.4 Å². The Bertz CT molecular complexity index is 740. The van der Waals surface area contributed by atoms with Crippen molar-refractivity contribution in [1.29, 1.82) is 0 Å². The number of hydrogen-bond donors (Lipinski definition) is 4. The smallest absolute Gasteiger partial charge is 0.475 e. The Morgan fingerprint density at radius 1 is 0.964 bits per heavy atom. The molecule has 9 heteroatoms. The van der Waals surface area contributed by atoms with Gasteiger partial charge in [0.2, 0.25) is 0 Å². The van der Waals surface area contributed by atoms with E-state index in [0.29, 0.717) is 13.0 Å². The molecule has 2 rings (SSSR count). The number of aliphatic carboxylic acids is 1. The second-order valence-electron chi connectivity index (χ2n) is 5.80. The molecule has 0 bridgehead atoms. The van der Waals surface area contributed by atoms with Crippen LogP contribution in [0.15, 0.2) is 60.7 Å². The van der Waals surface area contributed by atoms with Gasteiger partial charge in [-0.2, -0.15) is 13.2 Å². The van der Waals surface area contributed by atoms with Crippen molar-refractivity contribution in [3.8, 4) is 0 Å². The topological polar surface area (TPSA) is 113 Å². The molecule has 0 radical (unpaired) electrons. The Balaban J connectivity index is 0.000000480. The minimum absolute atomic E-state index is 0.384. The average molecular weight is 398 g/mol. The van der Waals surface area contributed by atoms with Gasteiger partial charge in [0.25, 0.3) is 5.91 Å². The van der Waals surface area contributed by atoms with Crippen molar-refractivity contribution < 1.29 is 33.0 Å². The number of aliphatic hydroxyl groups is 1. The molecule has 0 spiro atoms. The first kappa shape index (κ1) is 23.1. The number of halogens is 3. The molecule has 1 amide bonds. The van der Waals surface area contributed by atoms with Gasteiger partial charge in [-0.3, -0.25) is 4.79 Å². The number of aliphatic hydroxyl groups excluding tert-OH is 1. The number of nitrogens with one attached hydrogen (secondary N) is 1. The highest BCUT2D eigenvalue weighted by molar-refractivity contribution is 5.81. The highest BCUT2D eigenvalue weighted by Crippen LogP contribution is 2.13. The molecule has 0 aromatic heterocycles. The Labute approximate surface area is 159 Å². The first-order valence-electron chi connectivity index (χ1n) is 8.20. The summed E-state index contributed by atoms with van der Waals surface area (Å²) in [5.41, 5.74) is 7.89. The molecule has 28 heavy (non-hydrogen) atoms. The number of amides is 1. The van der Waals surface area contributed by atoms with Crippen molar-refractivity contribution in [2.75, 3.05) is 0 Å². The quantitative estimate of drug-likeness (QED) is 0.593. The third-order valence-electron chi connectivity index (χ3n) is 3.54. The zero-order valence-corrected chi connectivity index (χ0v) is 14.8. The molecule has 2 atom stereocenters. The van der Waals surface area contributed by atoms with Gasteiger partial charge in [-0.25, -0.2) is 4.79 Å². The molecule has 0 saturated carbocycles. The van der Waals surface area contributed by atoms with E-state index in [0.717, 1.165) is 11.1 Å². The lowest BCUT2D eigenvalue weighted by Gasteiger charge is -2.18. The van der Waals surface area contributed by atoms with Gasteiger partial charge in [-0.05, 0) is 17.5 Å². The predicted molar refractivity (Wildman–Crippen MR) is 96.1 cm³/mol. The van der Waals surface area contributed by atoms with Crippen molar-refractivity contribution >= 4 is 11.9 Å². The molecule has 2 aromatic carbocycles. The number of nitrogens with two attached hydrogens (primary N) is 1. The van der Waals surface area contributed by atoms with Crippen LogP contribution in [-0.2, 0) is 22.6 Å². The summed E-state index contributed by atoms with van der Waals surface area (Å²) < 4.78 is 31.7. The van der Waals surface area contributed by atoms with Gasteiger partial charge in [0.1, 0.15) is 6.10 Å². The largest absolute Gasteiger partial charge is 0.490 e. The number of alkyl halides is 3. The van der Waals surface area contributed by atoms with E-state index in [4.69, 9.17) is 15.6 Å². The molecule has 0 saturated heterocycles. The predicted octanol–water partition coefficient (Wildman–Crippen LogP) is 1.87. The maximum Gasteiger partial charge on any atom is 0.490 e. The van der Waals surface area contributed by atoms with E-state index in [-0.39, 0.29) is 0 Å². The average Bonchev–Trinajstić information content (AvgIpc) is 2.66. The van der Waals surface area contributed by atoms with E-state index < -0.39 is 30.2 Å². The van der Waals surface area contributed by atoms with Gasteiger partial charge in [0, 0.05) is 12.6 Å². The summed E-state index contributed by atoms with van der Waals surface area (Å²) >= 11 is 0. The van der Waals surface area contributed by atoms with Crippen LogP contribution in [0.25, 0.3) is 0 Å². The second-order valence-corrected chi connectivity index (χ2v) is 5.80. The van der Waals surface area contributed by atoms with Gasteiger partial charge in [0.05, 0.1) is 0 Å². The normalized spacial score (nSPS) is 12.9. The molecular weight excluding hydrogens is 377 g/mol. The van der Waals surface area contributed by atoms with Crippen molar-refractivity contribution in [2.24, 2.45) is 5.73 Å². The van der Waals surface area contributed by atoms with E-state index in [9.17, 15) is 23.1 Å². The van der Waals surface area contributed by atoms with Crippen LogP contribution in [0.5, 0.6) is 0 Å². The number of carboxylic acid groups (broad SMARTS) is 1. The van der Waals surface area contributed by atoms with Crippen LogP contribution in [0.3, 0.4) is 0 Å². The molecule has 0 aliphatic carbocycles. The van der Waals surface area contributed by atoms with Gasteiger partial charge in [-0.15, -0.1) is 0 Å². The van der Waals surface area contributed by atoms with E-state index in [1.807, 2.05) is 60.7 Å². The Morgan fingerprint density at radius 3 is 1.82 bits per heavy atom. The minimum Gasteiger partial charge on any atom is -0.475 e. The molecule has 2 aromatic rings. The van der Waals surface area contributed by atoms with Crippen LogP contribution < -0.4 is 11.1 Å². The van der Waals surface area contributed by atoms with Gasteiger partial charge >= 0.3 is 12.1 Å². The maximum atomic E-state index is 11.9. The van der Waals surface area contributed by atoms with Crippen molar-refractivity contribution in [2.45, 2.75) is 31.3 Å². The molecule has 0 aliphatic rings. The third-order valence-corrected chi connectivity index (χ3v) is 3.54. The van der Waals surface area contributed by atoms with Crippen LogP contribution in [0.4, 0.5) is 13.2 Å². The van der Waals surface area contributed by atoms with E-state index in [1.54, 1.807) is 0 Å². The first-order valence-corrected chi connectivity index (χ1v) is 8.20. The number of benzene rings is 2. The SMILES string of the molecule is NC(Cc1ccccc1)C(O)C(=O)NCc1ccccc1.O=C(O)C(F)(F)F. The molecule has 0 heterocycles. The van der Waals surface area contributed by atoms with E-state index >= 15 is 0 Å². The lowest BCUT2D eigenvalue weighted by atomic mass is 10.0. The molecule has 2 unspecified atom stereocenters. The van der Waals surface area contributed by atoms with Gasteiger partial charge in [-0.1, -0.05) is 60.7 Å². The Kier molecular flexibility index (Phi) is 9.13. The number of carbonyl (C=O) groups is 2. The Hall–Kier alpha value is -2.91. The summed E-state index contributed by atoms with van der Waals surface area (Å²) in [5, 5.41) is 19.8. The summed E-state index contributed by atoms with van der Waals surface area (Å²) in [6, 6.07) is 18.5. The highest BCUT2D eigenvalue weighted by Gasteiger charge is 2.38. The van der Waals surface area contributed by atoms with Crippen LogP contribution in [0, 0.1) is 0 Å². The fourth-order valence-electron chi connectivity index (χ4n) is 2.08. The van der Waals surface area contributed by atoms with Crippen LogP contribution >= 0.6 is 0 Å². The zero-order chi connectivity index (χ0) is 21.2. The van der Waals surface area contributed by atoms with Crippen LogP contribution in [0.1, 0.15) is 11.1 Å². The number of carboxylic acids is 1. The molecule has 0 fully saturated rings. The zero-order valence-electron chi connectivity index (χ0n) is 14.8. The molecule has 5 N–H and O–H groups in total. The monoisotopic (exact) mass is 398 g/mol. The van der Waals surface area contributed by atoms with E-state index in [1.165, 1.54) is 0 Å². The highest BCUT2D eigenvalue weighted by atomic mass is 19.4. The lowest BCUT2D eigenvalue weighted by Crippen LogP contribution is -2.47. The van der Waals surface area contributed by atoms with E-state index in [2.05, 4.69) is 5.32 Å². The molecule has 152 valence electrons. The summed E-state index contributed by atoms with van der Waals surface area (Å²) in [5.74, 6) is -3.20. The number of carbonyl (C=O) groups excluding carboxylic acids is 1. The third kappa shape index (κ3) is 8.65. The maximum absolute atomic E-state index is 11.9. The fourth-order valence-corrected chi connectivity index (χ4v) is 2.08. The second kappa shape index (κ2) is 11.1. The van der Waals surface area contributed by atoms with Gasteiger partial charge in [0.15, 0.2) is 0 Å². The van der Waals surface area contributed by atoms with Crippen molar-refractivity contribution in [3.05, 3.63) is 71.8 Å². The van der Waals surface area contributed by atoms with Gasteiger partial charge < -0.3 is 21.3 Å². The number of rotatable bonds is 6. The summed E-state index contributed by atoms with van der Waals surface area (Å²) in [6.07, 6.45) is -5.84. The molecule has 0 aliphatic heterocycles.